The Bertz CT molecular complexity index is 1420. The molecule has 0 aliphatic rings. The standard InChI is InChI=1S/C25H18ClN5O2/c26-16-3-5-17(6-4-16)30-25(32)31-18-7-9-19(10-8-18)33-24-22(2-1-13-29-24)20-11-14-27-23-21(20)12-15-28-23/h1-15H,(H,27,28)(H2,30,31,32). The van der Waals surface area contributed by atoms with Gasteiger partial charge in [-0.15, -0.1) is 0 Å². The Morgan fingerprint density at radius 1 is 0.818 bits per heavy atom. The molecule has 0 aliphatic carbocycles. The lowest BCUT2D eigenvalue weighted by Gasteiger charge is -2.12. The number of fused-ring (bicyclic) bond motifs is 1. The maximum atomic E-state index is 12.2. The molecule has 0 aliphatic heterocycles. The first-order chi connectivity index (χ1) is 16.2. The Kier molecular flexibility index (Phi) is 5.61. The van der Waals surface area contributed by atoms with Crippen molar-refractivity contribution in [3.63, 3.8) is 0 Å². The van der Waals surface area contributed by atoms with Crippen LogP contribution in [0, 0.1) is 0 Å². The Morgan fingerprint density at radius 2 is 1.55 bits per heavy atom. The number of H-pyrrole nitrogens is 1. The summed E-state index contributed by atoms with van der Waals surface area (Å²) in [5.41, 5.74) is 3.90. The average Bonchev–Trinajstić information content (AvgIpc) is 3.31. The number of carbonyl (C=O) groups is 1. The van der Waals surface area contributed by atoms with E-state index in [2.05, 4.69) is 25.6 Å². The lowest BCUT2D eigenvalue weighted by Crippen LogP contribution is -2.19. The minimum Gasteiger partial charge on any atom is -0.438 e. The summed E-state index contributed by atoms with van der Waals surface area (Å²) in [5, 5.41) is 7.13. The van der Waals surface area contributed by atoms with Crippen LogP contribution >= 0.6 is 11.6 Å². The van der Waals surface area contributed by atoms with E-state index in [0.717, 1.165) is 22.2 Å². The Balaban J connectivity index is 1.31. The molecule has 5 rings (SSSR count). The van der Waals surface area contributed by atoms with Crippen molar-refractivity contribution < 1.29 is 9.53 Å². The van der Waals surface area contributed by atoms with Gasteiger partial charge < -0.3 is 20.4 Å². The van der Waals surface area contributed by atoms with Crippen molar-refractivity contribution in [2.24, 2.45) is 0 Å². The predicted molar refractivity (Wildman–Crippen MR) is 130 cm³/mol. The first kappa shape index (κ1) is 20.5. The van der Waals surface area contributed by atoms with E-state index in [9.17, 15) is 4.79 Å². The number of urea groups is 1. The number of anilines is 2. The van der Waals surface area contributed by atoms with Crippen molar-refractivity contribution in [3.8, 4) is 22.8 Å². The third-order valence-corrected chi connectivity index (χ3v) is 5.20. The van der Waals surface area contributed by atoms with E-state index in [4.69, 9.17) is 16.3 Å². The predicted octanol–water partition coefficient (Wildman–Crippen LogP) is 6.71. The zero-order valence-corrected chi connectivity index (χ0v) is 18.0. The molecule has 3 heterocycles. The fourth-order valence-corrected chi connectivity index (χ4v) is 3.54. The van der Waals surface area contributed by atoms with Crippen LogP contribution in [0.1, 0.15) is 0 Å². The second-order valence-electron chi connectivity index (χ2n) is 7.17. The normalized spacial score (nSPS) is 10.7. The summed E-state index contributed by atoms with van der Waals surface area (Å²) in [6.07, 6.45) is 5.29. The maximum Gasteiger partial charge on any atom is 0.323 e. The van der Waals surface area contributed by atoms with Crippen molar-refractivity contribution in [2.45, 2.75) is 0 Å². The molecule has 0 radical (unpaired) electrons. The van der Waals surface area contributed by atoms with E-state index in [0.29, 0.717) is 28.0 Å². The third-order valence-electron chi connectivity index (χ3n) is 4.95. The van der Waals surface area contributed by atoms with Crippen LogP contribution in [0.2, 0.25) is 5.02 Å². The zero-order valence-electron chi connectivity index (χ0n) is 17.2. The third kappa shape index (κ3) is 4.63. The van der Waals surface area contributed by atoms with Crippen molar-refractivity contribution in [1.82, 2.24) is 15.0 Å². The Labute approximate surface area is 194 Å². The van der Waals surface area contributed by atoms with E-state index >= 15 is 0 Å². The highest BCUT2D eigenvalue weighted by molar-refractivity contribution is 6.30. The fourth-order valence-electron chi connectivity index (χ4n) is 3.42. The van der Waals surface area contributed by atoms with Crippen molar-refractivity contribution in [3.05, 3.63) is 96.4 Å². The molecule has 0 saturated heterocycles. The SMILES string of the molecule is O=C(Nc1ccc(Cl)cc1)Nc1ccc(Oc2ncccc2-c2ccnc3[nH]ccc23)cc1. The van der Waals surface area contributed by atoms with Gasteiger partial charge in [-0.2, -0.15) is 0 Å². The molecule has 7 nitrogen and oxygen atoms in total. The van der Waals surface area contributed by atoms with Gasteiger partial charge in [0.15, 0.2) is 0 Å². The average molecular weight is 456 g/mol. The van der Waals surface area contributed by atoms with Crippen LogP contribution in [0.25, 0.3) is 22.2 Å². The van der Waals surface area contributed by atoms with E-state index in [-0.39, 0.29) is 6.03 Å². The number of halogens is 1. The second kappa shape index (κ2) is 9.02. The fraction of sp³-hybridized carbons (Fsp3) is 0. The van der Waals surface area contributed by atoms with E-state index < -0.39 is 0 Å². The molecule has 0 saturated carbocycles. The van der Waals surface area contributed by atoms with Crippen molar-refractivity contribution in [1.29, 1.82) is 0 Å². The number of hydrogen-bond donors (Lipinski definition) is 3. The van der Waals surface area contributed by atoms with Gasteiger partial charge in [-0.3, -0.25) is 0 Å². The van der Waals surface area contributed by atoms with Crippen molar-refractivity contribution >= 4 is 40.0 Å². The highest BCUT2D eigenvalue weighted by Gasteiger charge is 2.13. The van der Waals surface area contributed by atoms with Gasteiger partial charge in [-0.25, -0.2) is 14.8 Å². The highest BCUT2D eigenvalue weighted by atomic mass is 35.5. The molecule has 2 amide bonds. The molecule has 8 heteroatoms. The Morgan fingerprint density at radius 3 is 2.30 bits per heavy atom. The summed E-state index contributed by atoms with van der Waals surface area (Å²) in [4.78, 5) is 24.1. The number of carbonyl (C=O) groups excluding carboxylic acids is 1. The number of ether oxygens (including phenoxy) is 1. The first-order valence-corrected chi connectivity index (χ1v) is 10.5. The van der Waals surface area contributed by atoms with Gasteiger partial charge in [-0.05, 0) is 78.4 Å². The lowest BCUT2D eigenvalue weighted by molar-refractivity contribution is 0.262. The molecule has 3 N–H and O–H groups in total. The number of rotatable bonds is 5. The maximum absolute atomic E-state index is 12.2. The van der Waals surface area contributed by atoms with Gasteiger partial charge in [-0.1, -0.05) is 11.6 Å². The monoisotopic (exact) mass is 455 g/mol. The molecule has 33 heavy (non-hydrogen) atoms. The summed E-state index contributed by atoms with van der Waals surface area (Å²) in [5.74, 6) is 1.07. The second-order valence-corrected chi connectivity index (χ2v) is 7.60. The molecule has 2 aromatic carbocycles. The molecule has 0 atom stereocenters. The van der Waals surface area contributed by atoms with Gasteiger partial charge in [0.1, 0.15) is 11.4 Å². The number of amides is 2. The molecule has 0 unspecified atom stereocenters. The van der Waals surface area contributed by atoms with Crippen LogP contribution in [-0.2, 0) is 0 Å². The molecule has 0 bridgehead atoms. The van der Waals surface area contributed by atoms with Crippen LogP contribution in [0.15, 0.2) is 91.4 Å². The van der Waals surface area contributed by atoms with Crippen LogP contribution in [-0.4, -0.2) is 21.0 Å². The Hall–Kier alpha value is -4.36. The quantitative estimate of drug-likeness (QED) is 0.274. The minimum absolute atomic E-state index is 0.355. The summed E-state index contributed by atoms with van der Waals surface area (Å²) in [6, 6.07) is 21.3. The number of hydrogen-bond acceptors (Lipinski definition) is 4. The largest absolute Gasteiger partial charge is 0.438 e. The summed E-state index contributed by atoms with van der Waals surface area (Å²) in [7, 11) is 0. The number of aromatic nitrogens is 3. The molecular weight excluding hydrogens is 438 g/mol. The van der Waals surface area contributed by atoms with E-state index in [1.54, 1.807) is 60.9 Å². The zero-order chi connectivity index (χ0) is 22.6. The molecular formula is C25H18ClN5O2. The van der Waals surface area contributed by atoms with Gasteiger partial charge in [0.2, 0.25) is 5.88 Å². The number of pyridine rings is 2. The van der Waals surface area contributed by atoms with E-state index in [1.165, 1.54) is 0 Å². The van der Waals surface area contributed by atoms with Crippen LogP contribution < -0.4 is 15.4 Å². The molecule has 3 aromatic heterocycles. The van der Waals surface area contributed by atoms with E-state index in [1.807, 2.05) is 30.5 Å². The van der Waals surface area contributed by atoms with Crippen LogP contribution in [0.3, 0.4) is 0 Å². The first-order valence-electron chi connectivity index (χ1n) is 10.1. The number of benzene rings is 2. The molecule has 0 fully saturated rings. The van der Waals surface area contributed by atoms with Crippen LogP contribution in [0.5, 0.6) is 11.6 Å². The topological polar surface area (TPSA) is 91.9 Å². The molecule has 5 aromatic rings. The van der Waals surface area contributed by atoms with Gasteiger partial charge in [0, 0.05) is 45.9 Å². The van der Waals surface area contributed by atoms with Crippen LogP contribution in [0.4, 0.5) is 16.2 Å². The van der Waals surface area contributed by atoms with Gasteiger partial charge in [0.25, 0.3) is 0 Å². The smallest absolute Gasteiger partial charge is 0.323 e. The highest BCUT2D eigenvalue weighted by Crippen LogP contribution is 2.35. The lowest BCUT2D eigenvalue weighted by atomic mass is 10.1. The summed E-state index contributed by atoms with van der Waals surface area (Å²) in [6.45, 7) is 0. The summed E-state index contributed by atoms with van der Waals surface area (Å²) < 4.78 is 6.07. The van der Waals surface area contributed by atoms with Gasteiger partial charge in [0.05, 0.1) is 0 Å². The van der Waals surface area contributed by atoms with Crippen molar-refractivity contribution in [2.75, 3.05) is 10.6 Å². The van der Waals surface area contributed by atoms with Gasteiger partial charge >= 0.3 is 6.03 Å². The molecule has 162 valence electrons. The minimum atomic E-state index is -0.355. The molecule has 0 spiro atoms. The number of nitrogens with zero attached hydrogens (tertiary/aromatic N) is 2. The number of aromatic amines is 1. The number of nitrogens with one attached hydrogen (secondary N) is 3. The summed E-state index contributed by atoms with van der Waals surface area (Å²) >= 11 is 5.87.